The second-order valence-corrected chi connectivity index (χ2v) is 6.85. The van der Waals surface area contributed by atoms with Gasteiger partial charge in [0, 0.05) is 19.2 Å². The molecule has 0 bridgehead atoms. The first-order chi connectivity index (χ1) is 14.3. The van der Waals surface area contributed by atoms with Gasteiger partial charge in [-0.15, -0.1) is 10.2 Å². The molecular formula is C21H22N6O3. The predicted octanol–water partition coefficient (Wildman–Crippen LogP) is 3.36. The summed E-state index contributed by atoms with van der Waals surface area (Å²) >= 11 is 0. The van der Waals surface area contributed by atoms with Crippen molar-refractivity contribution in [3.63, 3.8) is 0 Å². The lowest BCUT2D eigenvalue weighted by Gasteiger charge is -2.11. The Hall–Kier alpha value is -3.93. The summed E-state index contributed by atoms with van der Waals surface area (Å²) in [6.45, 7) is 5.32. The Morgan fingerprint density at radius 2 is 1.70 bits per heavy atom. The van der Waals surface area contributed by atoms with Crippen molar-refractivity contribution in [2.24, 2.45) is 17.3 Å². The minimum Gasteiger partial charge on any atom is -0.493 e. The molecule has 0 amide bonds. The summed E-state index contributed by atoms with van der Waals surface area (Å²) in [6.07, 6.45) is 0.581. The topological polar surface area (TPSA) is 118 Å². The fourth-order valence-electron chi connectivity index (χ4n) is 3.26. The van der Waals surface area contributed by atoms with E-state index in [1.165, 1.54) is 11.6 Å². The van der Waals surface area contributed by atoms with Crippen LogP contribution in [0.5, 0.6) is 5.88 Å². The first kappa shape index (κ1) is 20.8. The first-order valence-electron chi connectivity index (χ1n) is 9.45. The van der Waals surface area contributed by atoms with Gasteiger partial charge in [-0.25, -0.2) is 4.68 Å². The number of azo groups is 1. The van der Waals surface area contributed by atoms with E-state index in [0.29, 0.717) is 17.8 Å². The van der Waals surface area contributed by atoms with Gasteiger partial charge in [-0.1, -0.05) is 25.1 Å². The summed E-state index contributed by atoms with van der Waals surface area (Å²) in [7, 11) is 1.73. The number of nitriles is 1. The van der Waals surface area contributed by atoms with Gasteiger partial charge in [-0.05, 0) is 32.4 Å². The van der Waals surface area contributed by atoms with Crippen molar-refractivity contribution in [3.8, 4) is 17.6 Å². The van der Waals surface area contributed by atoms with Gasteiger partial charge in [0.1, 0.15) is 11.6 Å². The molecule has 0 saturated heterocycles. The number of aromatic nitrogens is 3. The molecule has 3 aromatic rings. The quantitative estimate of drug-likeness (QED) is 0.654. The normalized spacial score (nSPS) is 11.2. The van der Waals surface area contributed by atoms with Crippen LogP contribution in [-0.2, 0) is 13.6 Å². The van der Waals surface area contributed by atoms with Crippen LogP contribution in [0.3, 0.4) is 0 Å². The Morgan fingerprint density at radius 3 is 2.30 bits per heavy atom. The van der Waals surface area contributed by atoms with Crippen LogP contribution in [0.2, 0.25) is 0 Å². The minimum atomic E-state index is -0.563. The number of hydrogen-bond donors (Lipinski definition) is 1. The molecule has 0 spiro atoms. The molecule has 0 unspecified atom stereocenters. The molecule has 0 aliphatic heterocycles. The molecule has 0 fully saturated rings. The molecular weight excluding hydrogens is 384 g/mol. The zero-order chi connectivity index (χ0) is 22.0. The van der Waals surface area contributed by atoms with Crippen LogP contribution in [0, 0.1) is 25.2 Å². The smallest absolute Gasteiger partial charge is 0.299 e. The van der Waals surface area contributed by atoms with Gasteiger partial charge in [0.15, 0.2) is 11.4 Å². The summed E-state index contributed by atoms with van der Waals surface area (Å²) in [6, 6.07) is 11.0. The number of aromatic hydroxyl groups is 1. The largest absolute Gasteiger partial charge is 0.493 e. The average Bonchev–Trinajstić information content (AvgIpc) is 2.95. The lowest BCUT2D eigenvalue weighted by Crippen LogP contribution is -2.21. The van der Waals surface area contributed by atoms with E-state index in [0.717, 1.165) is 4.57 Å². The third kappa shape index (κ3) is 3.33. The molecule has 3 rings (SSSR count). The molecule has 0 aliphatic carbocycles. The third-order valence-corrected chi connectivity index (χ3v) is 4.99. The van der Waals surface area contributed by atoms with Crippen molar-refractivity contribution in [1.29, 1.82) is 5.26 Å². The van der Waals surface area contributed by atoms with E-state index >= 15 is 0 Å². The summed E-state index contributed by atoms with van der Waals surface area (Å²) in [5, 5.41) is 27.8. The maximum absolute atomic E-state index is 13.0. The van der Waals surface area contributed by atoms with Gasteiger partial charge in [-0.3, -0.25) is 18.8 Å². The van der Waals surface area contributed by atoms with Crippen molar-refractivity contribution in [2.75, 3.05) is 0 Å². The first-order valence-corrected chi connectivity index (χ1v) is 9.45. The van der Waals surface area contributed by atoms with Gasteiger partial charge < -0.3 is 5.11 Å². The highest BCUT2D eigenvalue weighted by Gasteiger charge is 2.20. The number of benzene rings is 1. The van der Waals surface area contributed by atoms with Gasteiger partial charge >= 0.3 is 0 Å². The number of pyridine rings is 1. The van der Waals surface area contributed by atoms with Crippen LogP contribution in [0.15, 0.2) is 50.1 Å². The number of para-hydroxylation sites is 1. The maximum atomic E-state index is 13.0. The summed E-state index contributed by atoms with van der Waals surface area (Å²) in [5.41, 5.74) is 0.491. The Morgan fingerprint density at radius 1 is 1.07 bits per heavy atom. The highest BCUT2D eigenvalue weighted by Crippen LogP contribution is 2.27. The molecule has 9 heteroatoms. The second kappa shape index (κ2) is 8.21. The van der Waals surface area contributed by atoms with Crippen molar-refractivity contribution in [1.82, 2.24) is 13.9 Å². The molecule has 9 nitrogen and oxygen atoms in total. The van der Waals surface area contributed by atoms with Crippen LogP contribution in [0.4, 0.5) is 11.4 Å². The Kier molecular flexibility index (Phi) is 5.69. The van der Waals surface area contributed by atoms with E-state index in [2.05, 4.69) is 10.2 Å². The van der Waals surface area contributed by atoms with Crippen molar-refractivity contribution < 1.29 is 5.11 Å². The fourth-order valence-corrected chi connectivity index (χ4v) is 3.26. The highest BCUT2D eigenvalue weighted by molar-refractivity contribution is 5.57. The summed E-state index contributed by atoms with van der Waals surface area (Å²) < 4.78 is 4.22. The average molecular weight is 406 g/mol. The standard InChI is InChI=1S/C21H22N6O3/c1-5-11-26-19(28)16(12-22)13(2)17(20(26)29)23-24-18-14(3)25(4)27(21(18)30)15-9-7-6-8-10-15/h6-10,28H,5,11H2,1-4H3. The second-order valence-electron chi connectivity index (χ2n) is 6.85. The molecule has 0 atom stereocenters. The maximum Gasteiger partial charge on any atom is 0.299 e. The molecule has 154 valence electrons. The molecule has 2 heterocycles. The van der Waals surface area contributed by atoms with E-state index in [9.17, 15) is 20.0 Å². The molecule has 1 N–H and O–H groups in total. The SMILES string of the molecule is CCCn1c(O)c(C#N)c(C)c(N=Nc2c(C)n(C)n(-c3ccccc3)c2=O)c1=O. The predicted molar refractivity (Wildman–Crippen MR) is 112 cm³/mol. The van der Waals surface area contributed by atoms with Crippen LogP contribution < -0.4 is 11.1 Å². The van der Waals surface area contributed by atoms with Gasteiger partial charge in [-0.2, -0.15) is 5.26 Å². The summed E-state index contributed by atoms with van der Waals surface area (Å²) in [5.74, 6) is -0.386. The Bertz CT molecular complexity index is 1290. The Balaban J connectivity index is 2.19. The molecule has 0 aliphatic rings. The van der Waals surface area contributed by atoms with Crippen molar-refractivity contribution in [3.05, 3.63) is 67.9 Å². The van der Waals surface area contributed by atoms with Gasteiger partial charge in [0.2, 0.25) is 5.88 Å². The van der Waals surface area contributed by atoms with Crippen LogP contribution in [0.25, 0.3) is 5.69 Å². The molecule has 30 heavy (non-hydrogen) atoms. The molecule has 0 saturated carbocycles. The monoisotopic (exact) mass is 406 g/mol. The summed E-state index contributed by atoms with van der Waals surface area (Å²) in [4.78, 5) is 25.8. The van der Waals surface area contributed by atoms with Gasteiger partial charge in [0.05, 0.1) is 11.4 Å². The van der Waals surface area contributed by atoms with E-state index in [-0.39, 0.29) is 40.5 Å². The lowest BCUT2D eigenvalue weighted by atomic mass is 10.1. The fraction of sp³-hybridized carbons (Fsp3) is 0.286. The minimum absolute atomic E-state index is 0.0384. The molecule has 2 aromatic heterocycles. The Labute approximate surface area is 172 Å². The van der Waals surface area contributed by atoms with Crippen LogP contribution in [0.1, 0.15) is 30.2 Å². The van der Waals surface area contributed by atoms with Crippen molar-refractivity contribution >= 4 is 11.4 Å². The third-order valence-electron chi connectivity index (χ3n) is 4.99. The number of rotatable bonds is 5. The van der Waals surface area contributed by atoms with E-state index in [1.54, 1.807) is 30.8 Å². The number of nitrogens with zero attached hydrogens (tertiary/aromatic N) is 6. The molecule has 1 aromatic carbocycles. The van der Waals surface area contributed by atoms with Crippen LogP contribution in [-0.4, -0.2) is 19.0 Å². The highest BCUT2D eigenvalue weighted by atomic mass is 16.3. The van der Waals surface area contributed by atoms with Crippen molar-refractivity contribution in [2.45, 2.75) is 33.7 Å². The zero-order valence-corrected chi connectivity index (χ0v) is 17.2. The molecule has 0 radical (unpaired) electrons. The van der Waals surface area contributed by atoms with E-state index < -0.39 is 5.56 Å². The lowest BCUT2D eigenvalue weighted by molar-refractivity contribution is 0.402. The van der Waals surface area contributed by atoms with E-state index in [1.807, 2.05) is 31.2 Å². The van der Waals surface area contributed by atoms with Gasteiger partial charge in [0.25, 0.3) is 11.1 Å². The number of hydrogen-bond acceptors (Lipinski definition) is 6. The zero-order valence-electron chi connectivity index (χ0n) is 17.2. The van der Waals surface area contributed by atoms with Crippen LogP contribution >= 0.6 is 0 Å². The van der Waals surface area contributed by atoms with E-state index in [4.69, 9.17) is 0 Å².